The number of hydrogen-bond acceptors (Lipinski definition) is 5. The molecule has 0 amide bonds. The van der Waals surface area contributed by atoms with Crippen molar-refractivity contribution >= 4 is 22.5 Å². The maximum atomic E-state index is 13.4. The van der Waals surface area contributed by atoms with E-state index in [2.05, 4.69) is 36.4 Å². The minimum Gasteiger partial charge on any atom is -0.340 e. The fourth-order valence-corrected chi connectivity index (χ4v) is 4.49. The third kappa shape index (κ3) is 4.84. The fourth-order valence-electron chi connectivity index (χ4n) is 4.49. The van der Waals surface area contributed by atoms with Gasteiger partial charge in [-0.1, -0.05) is 44.2 Å². The van der Waals surface area contributed by atoms with Crippen molar-refractivity contribution in [2.45, 2.75) is 33.9 Å². The maximum absolute atomic E-state index is 13.4. The first-order valence-electron chi connectivity index (χ1n) is 12.6. The molecule has 9 heteroatoms. The second-order valence-corrected chi connectivity index (χ2v) is 9.46. The average molecular weight is 497 g/mol. The summed E-state index contributed by atoms with van der Waals surface area (Å²) in [6.07, 6.45) is 3.68. The van der Waals surface area contributed by atoms with Gasteiger partial charge in [0, 0.05) is 38.2 Å². The van der Waals surface area contributed by atoms with Gasteiger partial charge in [0.2, 0.25) is 0 Å². The predicted molar refractivity (Wildman–Crippen MR) is 146 cm³/mol. The van der Waals surface area contributed by atoms with Crippen LogP contribution in [0.4, 0.5) is 11.5 Å². The van der Waals surface area contributed by atoms with Gasteiger partial charge in [-0.05, 0) is 48.7 Å². The van der Waals surface area contributed by atoms with Gasteiger partial charge in [-0.25, -0.2) is 14.2 Å². The summed E-state index contributed by atoms with van der Waals surface area (Å²) in [7, 11) is 1.78. The molecule has 0 saturated heterocycles. The Morgan fingerprint density at radius 3 is 2.43 bits per heavy atom. The van der Waals surface area contributed by atoms with Crippen LogP contribution in [0.5, 0.6) is 0 Å². The van der Waals surface area contributed by atoms with E-state index in [1.165, 1.54) is 0 Å². The van der Waals surface area contributed by atoms with Crippen molar-refractivity contribution < 1.29 is 0 Å². The fraction of sp³-hybridized carbons (Fsp3) is 0.286. The first kappa shape index (κ1) is 24.3. The van der Waals surface area contributed by atoms with Crippen molar-refractivity contribution in [1.29, 1.82) is 0 Å². The summed E-state index contributed by atoms with van der Waals surface area (Å²) in [5.41, 5.74) is 4.15. The SMILES string of the molecule is CCN=c1c2c(Nc3ccccc3)n(Cc3ccc(-n4cccn4)cc3)nc2n(CC(C)C)c(=O)n1C. The number of nitrogens with one attached hydrogen (secondary N) is 1. The molecule has 0 saturated carbocycles. The second kappa shape index (κ2) is 10.3. The van der Waals surface area contributed by atoms with E-state index < -0.39 is 0 Å². The Labute approximate surface area is 215 Å². The number of anilines is 2. The molecule has 0 aliphatic heterocycles. The molecule has 3 aromatic heterocycles. The molecule has 0 unspecified atom stereocenters. The van der Waals surface area contributed by atoms with Gasteiger partial charge in [-0.2, -0.15) is 10.2 Å². The normalized spacial score (nSPS) is 12.1. The summed E-state index contributed by atoms with van der Waals surface area (Å²) in [6, 6.07) is 20.1. The summed E-state index contributed by atoms with van der Waals surface area (Å²) in [6.45, 7) is 7.82. The van der Waals surface area contributed by atoms with Gasteiger partial charge >= 0.3 is 5.69 Å². The van der Waals surface area contributed by atoms with Gasteiger partial charge in [0.1, 0.15) is 16.7 Å². The van der Waals surface area contributed by atoms with Crippen LogP contribution in [0.1, 0.15) is 26.3 Å². The van der Waals surface area contributed by atoms with E-state index in [9.17, 15) is 4.79 Å². The lowest BCUT2D eigenvalue weighted by atomic mass is 10.2. The Kier molecular flexibility index (Phi) is 6.76. The molecule has 1 N–H and O–H groups in total. The van der Waals surface area contributed by atoms with E-state index in [1.54, 1.807) is 22.4 Å². The zero-order chi connectivity index (χ0) is 25.9. The summed E-state index contributed by atoms with van der Waals surface area (Å²) < 4.78 is 7.17. The smallest absolute Gasteiger partial charge is 0.331 e. The van der Waals surface area contributed by atoms with Crippen molar-refractivity contribution in [1.82, 2.24) is 28.7 Å². The maximum Gasteiger partial charge on any atom is 0.331 e. The average Bonchev–Trinajstić information content (AvgIpc) is 3.55. The van der Waals surface area contributed by atoms with Crippen LogP contribution in [0.3, 0.4) is 0 Å². The molecule has 0 aliphatic carbocycles. The highest BCUT2D eigenvalue weighted by Gasteiger charge is 2.21. The summed E-state index contributed by atoms with van der Waals surface area (Å²) >= 11 is 0. The number of rotatable bonds is 8. The van der Waals surface area contributed by atoms with Crippen LogP contribution >= 0.6 is 0 Å². The Hall–Kier alpha value is -4.40. The highest BCUT2D eigenvalue weighted by atomic mass is 16.1. The molecule has 0 aliphatic rings. The highest BCUT2D eigenvalue weighted by Crippen LogP contribution is 2.25. The van der Waals surface area contributed by atoms with Gasteiger partial charge < -0.3 is 5.32 Å². The number of aromatic nitrogens is 6. The molecule has 0 radical (unpaired) electrons. The monoisotopic (exact) mass is 496 g/mol. The van der Waals surface area contributed by atoms with Gasteiger partial charge in [-0.3, -0.25) is 14.1 Å². The zero-order valence-corrected chi connectivity index (χ0v) is 21.7. The van der Waals surface area contributed by atoms with E-state index in [0.717, 1.165) is 28.1 Å². The minimum absolute atomic E-state index is 0.118. The number of fused-ring (bicyclic) bond motifs is 1. The Bertz CT molecular complexity index is 1620. The van der Waals surface area contributed by atoms with Gasteiger partial charge in [0.15, 0.2) is 5.65 Å². The zero-order valence-electron chi connectivity index (χ0n) is 21.7. The van der Waals surface area contributed by atoms with Gasteiger partial charge in [0.25, 0.3) is 0 Å². The van der Waals surface area contributed by atoms with E-state index in [4.69, 9.17) is 10.1 Å². The van der Waals surface area contributed by atoms with Crippen LogP contribution in [0, 0.1) is 5.92 Å². The second-order valence-electron chi connectivity index (χ2n) is 9.46. The minimum atomic E-state index is -0.118. The molecule has 2 aromatic carbocycles. The van der Waals surface area contributed by atoms with Crippen molar-refractivity contribution in [2.75, 3.05) is 11.9 Å². The van der Waals surface area contributed by atoms with Crippen LogP contribution in [0.15, 0.2) is 82.8 Å². The molecule has 0 fully saturated rings. The summed E-state index contributed by atoms with van der Waals surface area (Å²) in [5, 5.41) is 13.7. The molecule has 3 heterocycles. The number of hydrogen-bond donors (Lipinski definition) is 1. The van der Waals surface area contributed by atoms with Crippen LogP contribution < -0.4 is 16.5 Å². The number of benzene rings is 2. The van der Waals surface area contributed by atoms with E-state index in [-0.39, 0.29) is 11.6 Å². The van der Waals surface area contributed by atoms with Crippen LogP contribution in [0.2, 0.25) is 0 Å². The van der Waals surface area contributed by atoms with Crippen LogP contribution in [-0.4, -0.2) is 35.2 Å². The molecule has 5 aromatic rings. The van der Waals surface area contributed by atoms with Crippen molar-refractivity contribution in [2.24, 2.45) is 18.0 Å². The van der Waals surface area contributed by atoms with Crippen molar-refractivity contribution in [3.63, 3.8) is 0 Å². The number of nitrogens with zero attached hydrogens (tertiary/aromatic N) is 7. The third-order valence-electron chi connectivity index (χ3n) is 6.18. The van der Waals surface area contributed by atoms with Gasteiger partial charge in [-0.15, -0.1) is 0 Å². The first-order chi connectivity index (χ1) is 18.0. The molecular formula is C28H32N8O. The molecular weight excluding hydrogens is 464 g/mol. The van der Waals surface area contributed by atoms with Crippen LogP contribution in [-0.2, 0) is 20.1 Å². The third-order valence-corrected chi connectivity index (χ3v) is 6.18. The van der Waals surface area contributed by atoms with E-state index in [0.29, 0.717) is 30.8 Å². The molecule has 0 atom stereocenters. The molecule has 190 valence electrons. The Morgan fingerprint density at radius 2 is 1.78 bits per heavy atom. The molecule has 5 rings (SSSR count). The van der Waals surface area contributed by atoms with Crippen LogP contribution in [0.25, 0.3) is 16.7 Å². The largest absolute Gasteiger partial charge is 0.340 e. The highest BCUT2D eigenvalue weighted by molar-refractivity contribution is 5.89. The lowest BCUT2D eigenvalue weighted by Gasteiger charge is -2.13. The lowest BCUT2D eigenvalue weighted by Crippen LogP contribution is -2.39. The Balaban J connectivity index is 1.70. The van der Waals surface area contributed by atoms with Crippen molar-refractivity contribution in [3.05, 3.63) is 94.6 Å². The topological polar surface area (TPSA) is 87.0 Å². The van der Waals surface area contributed by atoms with E-state index >= 15 is 0 Å². The molecule has 37 heavy (non-hydrogen) atoms. The quantitative estimate of drug-likeness (QED) is 0.351. The predicted octanol–water partition coefficient (Wildman–Crippen LogP) is 4.09. The van der Waals surface area contributed by atoms with Crippen molar-refractivity contribution in [3.8, 4) is 5.69 Å². The standard InChI is InChI=1S/C28H32N8O/c1-5-29-25-24-26(31-22-10-7-6-8-11-22)36(32-27(24)34(18-20(2)3)28(37)33(25)4)19-21-12-14-23(15-13-21)35-17-9-16-30-35/h6-17,20,31H,5,18-19H2,1-4H3. The first-order valence-corrected chi connectivity index (χ1v) is 12.6. The molecule has 9 nitrogen and oxygen atoms in total. The molecule has 0 bridgehead atoms. The van der Waals surface area contributed by atoms with Gasteiger partial charge in [0.05, 0.1) is 12.2 Å². The van der Waals surface area contributed by atoms with E-state index in [1.807, 2.05) is 71.0 Å². The summed E-state index contributed by atoms with van der Waals surface area (Å²) in [5.74, 6) is 1.08. The Morgan fingerprint density at radius 1 is 1.03 bits per heavy atom. The lowest BCUT2D eigenvalue weighted by molar-refractivity contribution is 0.496. The molecule has 0 spiro atoms. The summed E-state index contributed by atoms with van der Waals surface area (Å²) in [4.78, 5) is 18.1. The number of para-hydroxylation sites is 1.